The standard InChI is InChI=1S/C13H16O2/c1-10-4-6-11(7-5-10)13(14)9-12-3-2-8-15-12/h4-7,12H,2-3,8-9H2,1H3/t12-/m1/s1. The number of hydrogen-bond acceptors (Lipinski definition) is 2. The molecule has 0 amide bonds. The van der Waals surface area contributed by atoms with Gasteiger partial charge < -0.3 is 4.74 Å². The van der Waals surface area contributed by atoms with E-state index in [2.05, 4.69) is 0 Å². The number of carbonyl (C=O) groups is 1. The fourth-order valence-electron chi connectivity index (χ4n) is 1.87. The number of carbonyl (C=O) groups excluding carboxylic acids is 1. The minimum atomic E-state index is 0.152. The van der Waals surface area contributed by atoms with Crippen LogP contribution in [-0.4, -0.2) is 18.5 Å². The summed E-state index contributed by atoms with van der Waals surface area (Å²) in [6.07, 6.45) is 2.80. The van der Waals surface area contributed by atoms with Crippen molar-refractivity contribution in [2.75, 3.05) is 6.61 Å². The lowest BCUT2D eigenvalue weighted by Gasteiger charge is -2.07. The van der Waals surface area contributed by atoms with Gasteiger partial charge in [-0.15, -0.1) is 0 Å². The molecule has 0 bridgehead atoms. The van der Waals surface area contributed by atoms with Crippen LogP contribution in [0.4, 0.5) is 0 Å². The summed E-state index contributed by atoms with van der Waals surface area (Å²) < 4.78 is 5.45. The van der Waals surface area contributed by atoms with Crippen LogP contribution in [0.25, 0.3) is 0 Å². The number of Topliss-reactive ketones (excluding diaryl/α,β-unsaturated/α-hetero) is 1. The van der Waals surface area contributed by atoms with Crippen molar-refractivity contribution in [3.05, 3.63) is 35.4 Å². The predicted molar refractivity (Wildman–Crippen MR) is 59.1 cm³/mol. The van der Waals surface area contributed by atoms with E-state index in [0.717, 1.165) is 25.0 Å². The molecule has 1 aromatic rings. The summed E-state index contributed by atoms with van der Waals surface area (Å²) in [4.78, 5) is 11.8. The number of aryl methyl sites for hydroxylation is 1. The molecule has 2 nitrogen and oxygen atoms in total. The molecule has 1 aliphatic rings. The Balaban J connectivity index is 1.98. The summed E-state index contributed by atoms with van der Waals surface area (Å²) in [5.41, 5.74) is 1.99. The molecule has 0 spiro atoms. The quantitative estimate of drug-likeness (QED) is 0.708. The van der Waals surface area contributed by atoms with Gasteiger partial charge in [-0.3, -0.25) is 4.79 Å². The summed E-state index contributed by atoms with van der Waals surface area (Å²) in [6, 6.07) is 7.74. The minimum Gasteiger partial charge on any atom is -0.378 e. The molecule has 1 aromatic carbocycles. The van der Waals surface area contributed by atoms with Gasteiger partial charge in [-0.2, -0.15) is 0 Å². The third kappa shape index (κ3) is 2.66. The first-order valence-corrected chi connectivity index (χ1v) is 5.47. The van der Waals surface area contributed by atoms with Gasteiger partial charge in [0.15, 0.2) is 5.78 Å². The Morgan fingerprint density at radius 2 is 2.13 bits per heavy atom. The van der Waals surface area contributed by atoms with E-state index in [1.165, 1.54) is 5.56 Å². The topological polar surface area (TPSA) is 26.3 Å². The van der Waals surface area contributed by atoms with Crippen molar-refractivity contribution in [2.45, 2.75) is 32.3 Å². The van der Waals surface area contributed by atoms with E-state index in [1.54, 1.807) is 0 Å². The first-order chi connectivity index (χ1) is 7.25. The van der Waals surface area contributed by atoms with Crippen LogP contribution < -0.4 is 0 Å². The Kier molecular flexibility index (Phi) is 3.17. The van der Waals surface area contributed by atoms with Gasteiger partial charge in [-0.1, -0.05) is 29.8 Å². The van der Waals surface area contributed by atoms with Crippen molar-refractivity contribution in [1.82, 2.24) is 0 Å². The third-order valence-electron chi connectivity index (χ3n) is 2.81. The van der Waals surface area contributed by atoms with E-state index in [9.17, 15) is 4.79 Å². The molecule has 2 heteroatoms. The SMILES string of the molecule is Cc1ccc(C(=O)C[C@H]2CCCO2)cc1. The molecule has 0 saturated carbocycles. The Hall–Kier alpha value is -1.15. The van der Waals surface area contributed by atoms with Crippen LogP contribution in [-0.2, 0) is 4.74 Å². The fourth-order valence-corrected chi connectivity index (χ4v) is 1.87. The smallest absolute Gasteiger partial charge is 0.165 e. The van der Waals surface area contributed by atoms with Crippen molar-refractivity contribution in [2.24, 2.45) is 0 Å². The maximum absolute atomic E-state index is 11.8. The van der Waals surface area contributed by atoms with Crippen LogP contribution in [0.5, 0.6) is 0 Å². The Morgan fingerprint density at radius 3 is 2.73 bits per heavy atom. The van der Waals surface area contributed by atoms with E-state index < -0.39 is 0 Å². The number of rotatable bonds is 3. The maximum Gasteiger partial charge on any atom is 0.165 e. The molecule has 0 N–H and O–H groups in total. The highest BCUT2D eigenvalue weighted by Crippen LogP contribution is 2.18. The number of benzene rings is 1. The molecular formula is C13H16O2. The second-order valence-electron chi connectivity index (χ2n) is 4.13. The fraction of sp³-hybridized carbons (Fsp3) is 0.462. The second kappa shape index (κ2) is 4.58. The highest BCUT2D eigenvalue weighted by molar-refractivity contribution is 5.96. The second-order valence-corrected chi connectivity index (χ2v) is 4.13. The Labute approximate surface area is 90.3 Å². The normalized spacial score (nSPS) is 20.5. The molecule has 1 atom stereocenters. The van der Waals surface area contributed by atoms with Crippen molar-refractivity contribution in [3.63, 3.8) is 0 Å². The molecule has 1 aliphatic heterocycles. The van der Waals surface area contributed by atoms with Crippen molar-refractivity contribution in [1.29, 1.82) is 0 Å². The summed E-state index contributed by atoms with van der Waals surface area (Å²) in [5.74, 6) is 0.196. The third-order valence-corrected chi connectivity index (χ3v) is 2.81. The van der Waals surface area contributed by atoms with Crippen molar-refractivity contribution >= 4 is 5.78 Å². The van der Waals surface area contributed by atoms with Crippen molar-refractivity contribution < 1.29 is 9.53 Å². The van der Waals surface area contributed by atoms with Gasteiger partial charge in [0.2, 0.25) is 0 Å². The summed E-state index contributed by atoms with van der Waals surface area (Å²) in [7, 11) is 0. The van der Waals surface area contributed by atoms with E-state index >= 15 is 0 Å². The molecule has 0 aliphatic carbocycles. The predicted octanol–water partition coefficient (Wildman–Crippen LogP) is 2.75. The summed E-state index contributed by atoms with van der Waals surface area (Å²) in [5, 5.41) is 0. The zero-order valence-electron chi connectivity index (χ0n) is 9.03. The van der Waals surface area contributed by atoms with Crippen molar-refractivity contribution in [3.8, 4) is 0 Å². The van der Waals surface area contributed by atoms with Crippen LogP contribution in [0.1, 0.15) is 35.2 Å². The minimum absolute atomic E-state index is 0.152. The van der Waals surface area contributed by atoms with Gasteiger partial charge in [0.25, 0.3) is 0 Å². The van der Waals surface area contributed by atoms with Gasteiger partial charge in [0, 0.05) is 18.6 Å². The molecule has 2 rings (SSSR count). The first kappa shape index (κ1) is 10.4. The van der Waals surface area contributed by atoms with E-state index in [4.69, 9.17) is 4.74 Å². The number of ether oxygens (including phenoxy) is 1. The highest BCUT2D eigenvalue weighted by atomic mass is 16.5. The van der Waals surface area contributed by atoms with Crippen LogP contribution >= 0.6 is 0 Å². The molecule has 1 heterocycles. The molecule has 0 aromatic heterocycles. The van der Waals surface area contributed by atoms with Crippen LogP contribution in [0.3, 0.4) is 0 Å². The molecule has 80 valence electrons. The van der Waals surface area contributed by atoms with E-state index in [-0.39, 0.29) is 11.9 Å². The molecule has 1 saturated heterocycles. The number of ketones is 1. The van der Waals surface area contributed by atoms with E-state index in [0.29, 0.717) is 6.42 Å². The molecule has 15 heavy (non-hydrogen) atoms. The number of hydrogen-bond donors (Lipinski definition) is 0. The van der Waals surface area contributed by atoms with Gasteiger partial charge >= 0.3 is 0 Å². The van der Waals surface area contributed by atoms with Crippen LogP contribution in [0.15, 0.2) is 24.3 Å². The average molecular weight is 204 g/mol. The monoisotopic (exact) mass is 204 g/mol. The molecule has 1 fully saturated rings. The lowest BCUT2D eigenvalue weighted by atomic mass is 10.0. The van der Waals surface area contributed by atoms with Crippen LogP contribution in [0.2, 0.25) is 0 Å². The molecular weight excluding hydrogens is 188 g/mol. The Morgan fingerprint density at radius 1 is 1.40 bits per heavy atom. The molecule has 0 unspecified atom stereocenters. The largest absolute Gasteiger partial charge is 0.378 e. The van der Waals surface area contributed by atoms with Gasteiger partial charge in [0.1, 0.15) is 0 Å². The van der Waals surface area contributed by atoms with Crippen LogP contribution in [0, 0.1) is 6.92 Å². The maximum atomic E-state index is 11.8. The molecule has 0 radical (unpaired) electrons. The van der Waals surface area contributed by atoms with Gasteiger partial charge in [-0.05, 0) is 19.8 Å². The highest BCUT2D eigenvalue weighted by Gasteiger charge is 2.19. The average Bonchev–Trinajstić information content (AvgIpc) is 2.71. The summed E-state index contributed by atoms with van der Waals surface area (Å²) >= 11 is 0. The first-order valence-electron chi connectivity index (χ1n) is 5.47. The lowest BCUT2D eigenvalue weighted by Crippen LogP contribution is -2.12. The Bertz CT molecular complexity index is 334. The summed E-state index contributed by atoms with van der Waals surface area (Å²) in [6.45, 7) is 2.83. The van der Waals surface area contributed by atoms with Gasteiger partial charge in [0.05, 0.1) is 6.10 Å². The van der Waals surface area contributed by atoms with Gasteiger partial charge in [-0.25, -0.2) is 0 Å². The zero-order chi connectivity index (χ0) is 10.7. The zero-order valence-corrected chi connectivity index (χ0v) is 9.03. The van der Waals surface area contributed by atoms with E-state index in [1.807, 2.05) is 31.2 Å². The lowest BCUT2D eigenvalue weighted by molar-refractivity contribution is 0.0775.